The van der Waals surface area contributed by atoms with Crippen LogP contribution in [0.3, 0.4) is 0 Å². The molecule has 0 unspecified atom stereocenters. The molecule has 0 heterocycles. The first-order chi connectivity index (χ1) is 6.00. The van der Waals surface area contributed by atoms with E-state index in [2.05, 4.69) is 0 Å². The summed E-state index contributed by atoms with van der Waals surface area (Å²) < 4.78 is 25.6. The smallest absolute Gasteiger partial charge is 0.822 e. The minimum atomic E-state index is -5.39. The first-order valence-electron chi connectivity index (χ1n) is 2.19. The number of rotatable bonds is 0. The van der Waals surface area contributed by atoms with Gasteiger partial charge in [-0.1, -0.05) is 0 Å². The maximum Gasteiger partial charge on any atom is 1.00 e. The normalized spacial score (nSPS) is 7.38. The predicted octanol–water partition coefficient (Wildman–Crippen LogP) is -35.4. The van der Waals surface area contributed by atoms with Crippen molar-refractivity contribution < 1.29 is 520 Å². The van der Waals surface area contributed by atoms with Crippen LogP contribution in [0.25, 0.3) is 0 Å². The molecule has 0 aromatic carbocycles. The van der Waals surface area contributed by atoms with Crippen LogP contribution in [0, 0.1) is 0 Å². The minimum Gasteiger partial charge on any atom is -0.822 e. The summed E-state index contributed by atoms with van der Waals surface area (Å²) in [5.41, 5.74) is 0. The average molecular weight is 637 g/mol. The van der Waals surface area contributed by atoms with Crippen molar-refractivity contribution in [3.63, 3.8) is 0 Å². The molecule has 0 amide bonds. The molecule has 0 aliphatic rings. The fourth-order valence-corrected chi connectivity index (χ4v) is 0. The summed E-state index contributed by atoms with van der Waals surface area (Å²) in [6, 6.07) is 0. The van der Waals surface area contributed by atoms with Gasteiger partial charge in [0.1, 0.15) is 0 Å². The maximum atomic E-state index is 8.55. The molecule has 0 fully saturated rings. The maximum absolute atomic E-state index is 8.55. The van der Waals surface area contributed by atoms with Gasteiger partial charge in [0.15, 0.2) is 0 Å². The molecule has 24 heavy (non-hydrogen) atoms. The Bertz CT molecular complexity index is 220. The van der Waals surface area contributed by atoms with Crippen LogP contribution in [-0.4, -0.2) is 0 Å². The van der Waals surface area contributed by atoms with Crippen molar-refractivity contribution in [3.8, 4) is 0 Å². The largest absolute Gasteiger partial charge is 1.00 e. The van der Waals surface area contributed by atoms with Gasteiger partial charge in [0, 0.05) is 0 Å². The molecule has 0 aromatic heterocycles. The van der Waals surface area contributed by atoms with Gasteiger partial charge >= 0.3 is 462 Å². The molecule has 0 saturated heterocycles. The molecule has 0 spiro atoms. The van der Waals surface area contributed by atoms with Crippen LogP contribution >= 0.6 is 23.5 Å². The molecule has 12 nitrogen and oxygen atoms in total. The second-order valence-electron chi connectivity index (χ2n) is 1.34. The van der Waals surface area contributed by atoms with Crippen LogP contribution in [-0.2, 0) is 13.7 Å². The Hall–Kier alpha value is 15.1. The second-order valence-corrected chi connectivity index (χ2v) is 4.02. The summed E-state index contributed by atoms with van der Waals surface area (Å²) >= 11 is 0. The first-order valence-corrected chi connectivity index (χ1v) is 6.57. The first kappa shape index (κ1) is 77.3. The quantitative estimate of drug-likeness (QED) is 0.177. The van der Waals surface area contributed by atoms with Crippen molar-refractivity contribution in [2.75, 3.05) is 0 Å². The summed E-state index contributed by atoms with van der Waals surface area (Å²) in [5.74, 6) is 0. The minimum absolute atomic E-state index is 0. The SMILES string of the molecule is O=P([O-])([O-])[O-].O=P([O-])([O-])[O-].O=P([O-])([O-])[O-].[K+].[K+].[K+].[K+].[K+].[K+].[K+].[K+].[K+]. The molecule has 0 radical (unpaired) electrons. The molecular weight excluding hydrogens is 637 g/mol. The van der Waals surface area contributed by atoms with E-state index in [9.17, 15) is 0 Å². The van der Waals surface area contributed by atoms with E-state index >= 15 is 0 Å². The summed E-state index contributed by atoms with van der Waals surface area (Å²) in [6.45, 7) is 0. The Morgan fingerprint density at radius 1 is 0.292 bits per heavy atom. The summed E-state index contributed by atoms with van der Waals surface area (Å²) in [6.07, 6.45) is 0. The van der Waals surface area contributed by atoms with Crippen LogP contribution in [0.1, 0.15) is 0 Å². The van der Waals surface area contributed by atoms with Gasteiger partial charge in [-0.05, 0) is 0 Å². The molecular formula is K9O12P3. The molecule has 0 aliphatic carbocycles. The van der Waals surface area contributed by atoms with Gasteiger partial charge in [-0.3, -0.25) is 0 Å². The molecule has 0 aromatic rings. The van der Waals surface area contributed by atoms with E-state index in [1.807, 2.05) is 0 Å². The third kappa shape index (κ3) is 213. The monoisotopic (exact) mass is 636 g/mol. The van der Waals surface area contributed by atoms with Gasteiger partial charge in [-0.15, -0.1) is 0 Å². The van der Waals surface area contributed by atoms with E-state index < -0.39 is 23.5 Å². The van der Waals surface area contributed by atoms with Gasteiger partial charge in [-0.25, -0.2) is 0 Å². The number of hydrogen-bond acceptors (Lipinski definition) is 12. The molecule has 0 aliphatic heterocycles. The Morgan fingerprint density at radius 2 is 0.292 bits per heavy atom. The van der Waals surface area contributed by atoms with E-state index in [4.69, 9.17) is 57.7 Å². The molecule has 0 rings (SSSR count). The van der Waals surface area contributed by atoms with E-state index in [1.165, 1.54) is 0 Å². The Balaban J connectivity index is -0.00000000758. The zero-order valence-corrected chi connectivity index (χ0v) is 46.0. The predicted molar refractivity (Wildman–Crippen MR) is 22.8 cm³/mol. The van der Waals surface area contributed by atoms with Gasteiger partial charge in [0.25, 0.3) is 0 Å². The van der Waals surface area contributed by atoms with Crippen LogP contribution in [0.5, 0.6) is 0 Å². The zero-order chi connectivity index (χ0) is 13.5. The van der Waals surface area contributed by atoms with E-state index in [-0.39, 0.29) is 462 Å². The molecule has 24 heteroatoms. The van der Waals surface area contributed by atoms with Crippen LogP contribution < -0.4 is 507 Å². The fourth-order valence-electron chi connectivity index (χ4n) is 0. The van der Waals surface area contributed by atoms with Crippen molar-refractivity contribution in [1.29, 1.82) is 0 Å². The molecule has 0 bridgehead atoms. The fraction of sp³-hybridized carbons (Fsp3) is 0. The summed E-state index contributed by atoms with van der Waals surface area (Å²) in [5, 5.41) is 0. The Labute approximate surface area is 522 Å². The second kappa shape index (κ2) is 47.8. The van der Waals surface area contributed by atoms with Gasteiger partial charge in [0.05, 0.1) is 0 Å². The Morgan fingerprint density at radius 3 is 0.292 bits per heavy atom. The van der Waals surface area contributed by atoms with E-state index in [0.29, 0.717) is 0 Å². The number of hydrogen-bond donors (Lipinski definition) is 0. The van der Waals surface area contributed by atoms with E-state index in [1.54, 1.807) is 0 Å². The third-order valence-corrected chi connectivity index (χ3v) is 0. The average Bonchev–Trinajstić information content (AvgIpc) is 1.41. The van der Waals surface area contributed by atoms with Crippen LogP contribution in [0.15, 0.2) is 0 Å². The Kier molecular flexibility index (Phi) is 154. The van der Waals surface area contributed by atoms with Gasteiger partial charge in [-0.2, -0.15) is 23.5 Å². The topological polar surface area (TPSA) is 259 Å². The van der Waals surface area contributed by atoms with Gasteiger partial charge < -0.3 is 57.7 Å². The molecule has 0 saturated carbocycles. The van der Waals surface area contributed by atoms with Crippen molar-refractivity contribution in [1.82, 2.24) is 0 Å². The zero-order valence-electron chi connectivity index (χ0n) is 15.2. The van der Waals surface area contributed by atoms with E-state index in [0.717, 1.165) is 0 Å². The van der Waals surface area contributed by atoms with Crippen LogP contribution in [0.4, 0.5) is 0 Å². The molecule has 96 valence electrons. The summed E-state index contributed by atoms with van der Waals surface area (Å²) in [4.78, 5) is 76.9. The van der Waals surface area contributed by atoms with Crippen molar-refractivity contribution in [2.45, 2.75) is 0 Å². The van der Waals surface area contributed by atoms with Crippen LogP contribution in [0.2, 0.25) is 0 Å². The molecule has 0 N–H and O–H groups in total. The number of phosphoric acid groups is 3. The van der Waals surface area contributed by atoms with Crippen molar-refractivity contribution >= 4 is 23.5 Å². The third-order valence-electron chi connectivity index (χ3n) is 0. The van der Waals surface area contributed by atoms with Gasteiger partial charge in [0.2, 0.25) is 0 Å². The van der Waals surface area contributed by atoms with Crippen molar-refractivity contribution in [2.24, 2.45) is 0 Å². The summed E-state index contributed by atoms with van der Waals surface area (Å²) in [7, 11) is -16.2. The van der Waals surface area contributed by atoms with Crippen molar-refractivity contribution in [3.05, 3.63) is 0 Å². The molecule has 0 atom stereocenters. The standard InChI is InChI=1S/9K.3H3O4P/c;;;;;;;;;3*1-5(2,3)4/h;;;;;;;;;3*(H3,1,2,3,4)/q9*+1;;;/p-9.